The lowest BCUT2D eigenvalue weighted by atomic mass is 10.1. The lowest BCUT2D eigenvalue weighted by Crippen LogP contribution is -2.16. The van der Waals surface area contributed by atoms with E-state index in [1.54, 1.807) is 0 Å². The molecule has 0 aromatic carbocycles. The van der Waals surface area contributed by atoms with Crippen LogP contribution in [0.25, 0.3) is 0 Å². The highest BCUT2D eigenvalue weighted by Crippen LogP contribution is 2.21. The Bertz CT molecular complexity index is 307. The smallest absolute Gasteiger partial charge is 0.133 e. The zero-order valence-corrected chi connectivity index (χ0v) is 7.52. The van der Waals surface area contributed by atoms with Gasteiger partial charge in [0.15, 0.2) is 0 Å². The van der Waals surface area contributed by atoms with E-state index in [0.717, 1.165) is 30.3 Å². The van der Waals surface area contributed by atoms with Crippen molar-refractivity contribution in [3.63, 3.8) is 0 Å². The molecule has 1 aromatic rings. The van der Waals surface area contributed by atoms with E-state index in [4.69, 9.17) is 0 Å². The van der Waals surface area contributed by atoms with Crippen LogP contribution in [0.4, 0.5) is 5.82 Å². The number of rotatable bonds is 0. The maximum atomic E-state index is 4.35. The second-order valence-electron chi connectivity index (χ2n) is 3.21. The third-order valence-electron chi connectivity index (χ3n) is 2.22. The maximum Gasteiger partial charge on any atom is 0.133 e. The number of nitrogens with zero attached hydrogens (tertiary/aromatic N) is 2. The first-order chi connectivity index (χ1) is 5.77. The van der Waals surface area contributed by atoms with Crippen molar-refractivity contribution in [3.05, 3.63) is 17.1 Å². The number of hydrogen-bond donors (Lipinski definition) is 1. The van der Waals surface area contributed by atoms with E-state index < -0.39 is 0 Å². The molecular weight excluding hydrogens is 150 g/mol. The third-order valence-corrected chi connectivity index (χ3v) is 2.22. The van der Waals surface area contributed by atoms with E-state index in [2.05, 4.69) is 22.2 Å². The van der Waals surface area contributed by atoms with Crippen LogP contribution in [0, 0.1) is 13.8 Å². The van der Waals surface area contributed by atoms with Gasteiger partial charge in [-0.3, -0.25) is 0 Å². The molecule has 1 aromatic heterocycles. The van der Waals surface area contributed by atoms with Crippen molar-refractivity contribution in [2.75, 3.05) is 11.9 Å². The number of hydrogen-bond acceptors (Lipinski definition) is 3. The first kappa shape index (κ1) is 7.53. The van der Waals surface area contributed by atoms with E-state index in [1.807, 2.05) is 6.92 Å². The SMILES string of the molecule is Cc1nc(C)c2c(n1)NCCC2. The maximum absolute atomic E-state index is 4.35. The average Bonchev–Trinajstić information content (AvgIpc) is 2.04. The molecule has 0 bridgehead atoms. The number of fused-ring (bicyclic) bond motifs is 1. The van der Waals surface area contributed by atoms with E-state index in [1.165, 1.54) is 12.0 Å². The van der Waals surface area contributed by atoms with Crippen LogP contribution >= 0.6 is 0 Å². The van der Waals surface area contributed by atoms with Crippen LogP contribution in [-0.4, -0.2) is 16.5 Å². The van der Waals surface area contributed by atoms with Crippen molar-refractivity contribution < 1.29 is 0 Å². The highest BCUT2D eigenvalue weighted by Gasteiger charge is 2.13. The highest BCUT2D eigenvalue weighted by atomic mass is 15.0. The second kappa shape index (κ2) is 2.73. The molecule has 0 unspecified atom stereocenters. The van der Waals surface area contributed by atoms with E-state index >= 15 is 0 Å². The molecule has 0 fully saturated rings. The van der Waals surface area contributed by atoms with Crippen molar-refractivity contribution in [2.24, 2.45) is 0 Å². The summed E-state index contributed by atoms with van der Waals surface area (Å²) in [4.78, 5) is 8.69. The van der Waals surface area contributed by atoms with Crippen molar-refractivity contribution >= 4 is 5.82 Å². The number of aryl methyl sites for hydroxylation is 2. The summed E-state index contributed by atoms with van der Waals surface area (Å²) < 4.78 is 0. The van der Waals surface area contributed by atoms with Crippen LogP contribution in [-0.2, 0) is 6.42 Å². The van der Waals surface area contributed by atoms with Gasteiger partial charge in [0, 0.05) is 17.8 Å². The van der Waals surface area contributed by atoms with E-state index in [-0.39, 0.29) is 0 Å². The van der Waals surface area contributed by atoms with Gasteiger partial charge < -0.3 is 5.32 Å². The van der Waals surface area contributed by atoms with Gasteiger partial charge in [0.1, 0.15) is 11.6 Å². The van der Waals surface area contributed by atoms with Gasteiger partial charge in [0.2, 0.25) is 0 Å². The monoisotopic (exact) mass is 163 g/mol. The van der Waals surface area contributed by atoms with E-state index in [9.17, 15) is 0 Å². The Morgan fingerprint density at radius 3 is 2.92 bits per heavy atom. The molecule has 0 amide bonds. The van der Waals surface area contributed by atoms with Crippen LogP contribution in [0.3, 0.4) is 0 Å². The van der Waals surface area contributed by atoms with Crippen LogP contribution in [0.1, 0.15) is 23.5 Å². The molecule has 2 rings (SSSR count). The van der Waals surface area contributed by atoms with E-state index in [0.29, 0.717) is 0 Å². The summed E-state index contributed by atoms with van der Waals surface area (Å²) in [6, 6.07) is 0. The average molecular weight is 163 g/mol. The molecule has 2 heterocycles. The van der Waals surface area contributed by atoms with Gasteiger partial charge in [-0.25, -0.2) is 9.97 Å². The summed E-state index contributed by atoms with van der Waals surface area (Å²) in [6.45, 7) is 5.03. The highest BCUT2D eigenvalue weighted by molar-refractivity contribution is 5.48. The molecule has 1 N–H and O–H groups in total. The first-order valence-electron chi connectivity index (χ1n) is 4.35. The summed E-state index contributed by atoms with van der Waals surface area (Å²) in [5.74, 6) is 1.91. The van der Waals surface area contributed by atoms with Crippen LogP contribution in [0.15, 0.2) is 0 Å². The topological polar surface area (TPSA) is 37.8 Å². The summed E-state index contributed by atoms with van der Waals surface area (Å²) >= 11 is 0. The van der Waals surface area contributed by atoms with Gasteiger partial charge in [0.05, 0.1) is 0 Å². The Kier molecular flexibility index (Phi) is 1.71. The molecular formula is C9H13N3. The summed E-state index contributed by atoms with van der Waals surface area (Å²) in [7, 11) is 0. The fourth-order valence-corrected chi connectivity index (χ4v) is 1.65. The molecule has 3 nitrogen and oxygen atoms in total. The molecule has 0 saturated carbocycles. The van der Waals surface area contributed by atoms with Gasteiger partial charge in [-0.05, 0) is 26.7 Å². The summed E-state index contributed by atoms with van der Waals surface area (Å²) in [5, 5.41) is 3.29. The van der Waals surface area contributed by atoms with Crippen molar-refractivity contribution in [1.82, 2.24) is 9.97 Å². The van der Waals surface area contributed by atoms with Gasteiger partial charge >= 0.3 is 0 Å². The Hall–Kier alpha value is -1.12. The van der Waals surface area contributed by atoms with Crippen molar-refractivity contribution in [2.45, 2.75) is 26.7 Å². The Morgan fingerprint density at radius 1 is 1.25 bits per heavy atom. The van der Waals surface area contributed by atoms with Gasteiger partial charge in [0.25, 0.3) is 0 Å². The summed E-state index contributed by atoms with van der Waals surface area (Å²) in [5.41, 5.74) is 2.43. The largest absolute Gasteiger partial charge is 0.370 e. The Labute approximate surface area is 72.2 Å². The van der Waals surface area contributed by atoms with Crippen molar-refractivity contribution in [1.29, 1.82) is 0 Å². The molecule has 0 atom stereocenters. The first-order valence-corrected chi connectivity index (χ1v) is 4.35. The quantitative estimate of drug-likeness (QED) is 0.629. The van der Waals surface area contributed by atoms with Gasteiger partial charge in [-0.2, -0.15) is 0 Å². The molecule has 0 saturated heterocycles. The molecule has 12 heavy (non-hydrogen) atoms. The molecule has 1 aliphatic rings. The standard InChI is InChI=1S/C9H13N3/c1-6-8-4-3-5-10-9(8)12-7(2)11-6/h3-5H2,1-2H3,(H,10,11,12). The number of nitrogens with one attached hydrogen (secondary N) is 1. The molecule has 64 valence electrons. The normalized spacial score (nSPS) is 15.2. The van der Waals surface area contributed by atoms with Gasteiger partial charge in [-0.15, -0.1) is 0 Å². The minimum absolute atomic E-state index is 0.862. The minimum Gasteiger partial charge on any atom is -0.370 e. The lowest BCUT2D eigenvalue weighted by Gasteiger charge is -2.18. The molecule has 3 heteroatoms. The lowest BCUT2D eigenvalue weighted by molar-refractivity contribution is 0.790. The molecule has 0 radical (unpaired) electrons. The molecule has 0 spiro atoms. The zero-order valence-electron chi connectivity index (χ0n) is 7.52. The Morgan fingerprint density at radius 2 is 2.08 bits per heavy atom. The number of anilines is 1. The fourth-order valence-electron chi connectivity index (χ4n) is 1.65. The van der Waals surface area contributed by atoms with Crippen molar-refractivity contribution in [3.8, 4) is 0 Å². The second-order valence-corrected chi connectivity index (χ2v) is 3.21. The summed E-state index contributed by atoms with van der Waals surface area (Å²) in [6.07, 6.45) is 2.31. The van der Waals surface area contributed by atoms with Crippen LogP contribution in [0.2, 0.25) is 0 Å². The predicted molar refractivity (Wildman–Crippen MR) is 48.3 cm³/mol. The predicted octanol–water partition coefficient (Wildman–Crippen LogP) is 1.45. The number of aromatic nitrogens is 2. The van der Waals surface area contributed by atoms with Crippen LogP contribution < -0.4 is 5.32 Å². The molecule has 0 aliphatic carbocycles. The van der Waals surface area contributed by atoms with Crippen LogP contribution in [0.5, 0.6) is 0 Å². The zero-order chi connectivity index (χ0) is 8.55. The fraction of sp³-hybridized carbons (Fsp3) is 0.556. The third kappa shape index (κ3) is 1.15. The minimum atomic E-state index is 0.862. The molecule has 1 aliphatic heterocycles. The Balaban J connectivity index is 2.53. The van der Waals surface area contributed by atoms with Gasteiger partial charge in [-0.1, -0.05) is 0 Å².